The van der Waals surface area contributed by atoms with E-state index in [1.165, 1.54) is 12.7 Å². The third-order valence-corrected chi connectivity index (χ3v) is 8.71. The number of alkyl halides is 2. The number of benzene rings is 1. The number of carboxylic acids is 1. The van der Waals surface area contributed by atoms with E-state index in [4.69, 9.17) is 9.72 Å². The number of aryl methyl sites for hydroxylation is 2. The number of carboxylic acid groups (broad SMARTS) is 1. The van der Waals surface area contributed by atoms with Gasteiger partial charge in [0.05, 0.1) is 7.11 Å². The number of nitrogens with one attached hydrogen (secondary N) is 1. The van der Waals surface area contributed by atoms with Crippen LogP contribution >= 0.6 is 0 Å². The van der Waals surface area contributed by atoms with Gasteiger partial charge in [-0.15, -0.1) is 0 Å². The summed E-state index contributed by atoms with van der Waals surface area (Å²) in [6.07, 6.45) is 7.17. The van der Waals surface area contributed by atoms with E-state index in [-0.39, 0.29) is 23.3 Å². The van der Waals surface area contributed by atoms with Crippen molar-refractivity contribution in [1.29, 1.82) is 0 Å². The normalized spacial score (nSPS) is 19.1. The minimum Gasteiger partial charge on any atom is -0.493 e. The summed E-state index contributed by atoms with van der Waals surface area (Å²) >= 11 is 0. The van der Waals surface area contributed by atoms with Crippen molar-refractivity contribution in [2.24, 2.45) is 5.92 Å². The van der Waals surface area contributed by atoms with Gasteiger partial charge in [-0.1, -0.05) is 12.5 Å². The summed E-state index contributed by atoms with van der Waals surface area (Å²) in [5, 5.41) is 13.5. The third kappa shape index (κ3) is 7.52. The molecule has 2 N–H and O–H groups in total. The summed E-state index contributed by atoms with van der Waals surface area (Å²) in [5.74, 6) is -4.59. The molecular formula is C31H43F3N4O3. The topological polar surface area (TPSA) is 77.9 Å². The zero-order chi connectivity index (χ0) is 29.7. The van der Waals surface area contributed by atoms with Crippen LogP contribution in [0.4, 0.5) is 19.0 Å². The standard InChI is InChI=1S/C31H43F3N4O3/c1-20(37(3)15-7-5-6-10-24-12-11-21-9-8-14-35-29(21)36-24)22-13-16-38(19-22)27(30(39)40)25-17-23(31(2,33)34)18-26(32)28(25)41-4/h11-12,17-18,20,22,27H,5-10,13-16,19H2,1-4H3,(H,35,36)(H,39,40)/t20?,22-,27?/m1/s1. The molecule has 3 heterocycles. The van der Waals surface area contributed by atoms with Crippen molar-refractivity contribution in [3.05, 3.63) is 52.5 Å². The second kappa shape index (κ2) is 13.4. The molecule has 0 spiro atoms. The molecule has 1 saturated heterocycles. The smallest absolute Gasteiger partial charge is 0.325 e. The lowest BCUT2D eigenvalue weighted by Crippen LogP contribution is -2.39. The van der Waals surface area contributed by atoms with Crippen LogP contribution in [0.25, 0.3) is 0 Å². The van der Waals surface area contributed by atoms with E-state index >= 15 is 0 Å². The molecule has 4 rings (SSSR count). The fourth-order valence-electron chi connectivity index (χ4n) is 6.13. The lowest BCUT2D eigenvalue weighted by atomic mass is 9.97. The van der Waals surface area contributed by atoms with Crippen LogP contribution in [-0.4, -0.2) is 72.2 Å². The summed E-state index contributed by atoms with van der Waals surface area (Å²) < 4.78 is 48.0. The zero-order valence-electron chi connectivity index (χ0n) is 24.6. The molecule has 226 valence electrons. The van der Waals surface area contributed by atoms with Gasteiger partial charge in [0.2, 0.25) is 0 Å². The Balaban J connectivity index is 1.31. The highest BCUT2D eigenvalue weighted by molar-refractivity contribution is 5.77. The van der Waals surface area contributed by atoms with Gasteiger partial charge in [0.1, 0.15) is 11.9 Å². The number of unbranched alkanes of at least 4 members (excludes halogenated alkanes) is 2. The van der Waals surface area contributed by atoms with Gasteiger partial charge < -0.3 is 20.1 Å². The first-order valence-corrected chi connectivity index (χ1v) is 14.6. The van der Waals surface area contributed by atoms with Gasteiger partial charge in [-0.3, -0.25) is 9.69 Å². The van der Waals surface area contributed by atoms with Crippen LogP contribution in [0.2, 0.25) is 0 Å². The highest BCUT2D eigenvalue weighted by atomic mass is 19.3. The monoisotopic (exact) mass is 576 g/mol. The number of nitrogens with zero attached hydrogens (tertiary/aromatic N) is 3. The number of aliphatic carboxylic acids is 1. The van der Waals surface area contributed by atoms with Crippen molar-refractivity contribution < 1.29 is 27.8 Å². The van der Waals surface area contributed by atoms with Crippen LogP contribution < -0.4 is 10.1 Å². The molecule has 2 unspecified atom stereocenters. The zero-order valence-corrected chi connectivity index (χ0v) is 24.6. The average molecular weight is 577 g/mol. The summed E-state index contributed by atoms with van der Waals surface area (Å²) in [5.41, 5.74) is 1.78. The van der Waals surface area contributed by atoms with Crippen molar-refractivity contribution in [2.75, 3.05) is 45.7 Å². The lowest BCUT2D eigenvalue weighted by Gasteiger charge is -2.31. The van der Waals surface area contributed by atoms with E-state index < -0.39 is 29.3 Å². The van der Waals surface area contributed by atoms with E-state index in [2.05, 4.69) is 36.3 Å². The molecule has 0 amide bonds. The summed E-state index contributed by atoms with van der Waals surface area (Å²) in [4.78, 5) is 21.2. The predicted molar refractivity (Wildman–Crippen MR) is 153 cm³/mol. The first-order chi connectivity index (χ1) is 19.5. The number of methoxy groups -OCH3 is 1. The maximum atomic E-state index is 14.7. The maximum absolute atomic E-state index is 14.7. The fraction of sp³-hybridized carbons (Fsp3) is 0.613. The Morgan fingerprint density at radius 3 is 2.78 bits per heavy atom. The Bertz CT molecular complexity index is 1210. The third-order valence-electron chi connectivity index (χ3n) is 8.71. The molecule has 1 aromatic carbocycles. The number of rotatable bonds is 13. The molecule has 0 saturated carbocycles. The minimum atomic E-state index is -3.32. The molecule has 0 bridgehead atoms. The minimum absolute atomic E-state index is 0.0811. The van der Waals surface area contributed by atoms with Gasteiger partial charge in [-0.05, 0) is 95.3 Å². The fourth-order valence-corrected chi connectivity index (χ4v) is 6.13. The van der Waals surface area contributed by atoms with Crippen molar-refractivity contribution >= 4 is 11.8 Å². The Hall–Kier alpha value is -2.85. The second-order valence-corrected chi connectivity index (χ2v) is 11.6. The van der Waals surface area contributed by atoms with E-state index in [9.17, 15) is 23.1 Å². The van der Waals surface area contributed by atoms with Gasteiger partial charge in [-0.25, -0.2) is 18.2 Å². The molecule has 10 heteroatoms. The first-order valence-electron chi connectivity index (χ1n) is 14.6. The number of fused-ring (bicyclic) bond motifs is 1. The maximum Gasteiger partial charge on any atom is 0.325 e. The molecule has 0 aliphatic carbocycles. The number of pyridine rings is 1. The van der Waals surface area contributed by atoms with Crippen LogP contribution in [-0.2, 0) is 23.6 Å². The lowest BCUT2D eigenvalue weighted by molar-refractivity contribution is -0.143. The molecule has 2 aliphatic rings. The van der Waals surface area contributed by atoms with Gasteiger partial charge in [-0.2, -0.15) is 0 Å². The Labute approximate surface area is 241 Å². The number of likely N-dealkylation sites (tertiary alicyclic amines) is 1. The Kier molecular flexibility index (Phi) is 10.2. The molecule has 3 atom stereocenters. The van der Waals surface area contributed by atoms with Gasteiger partial charge in [0.25, 0.3) is 5.92 Å². The second-order valence-electron chi connectivity index (χ2n) is 11.6. The number of carbonyl (C=O) groups is 1. The molecular weight excluding hydrogens is 533 g/mol. The van der Waals surface area contributed by atoms with Gasteiger partial charge in [0, 0.05) is 42.9 Å². The Morgan fingerprint density at radius 1 is 1.29 bits per heavy atom. The van der Waals surface area contributed by atoms with E-state index in [1.54, 1.807) is 4.90 Å². The largest absolute Gasteiger partial charge is 0.493 e. The van der Waals surface area contributed by atoms with Crippen LogP contribution in [0.15, 0.2) is 24.3 Å². The summed E-state index contributed by atoms with van der Waals surface area (Å²) in [6.45, 7) is 5.66. The van der Waals surface area contributed by atoms with Crippen molar-refractivity contribution in [3.8, 4) is 5.75 Å². The number of aromatic nitrogens is 1. The van der Waals surface area contributed by atoms with E-state index in [1.807, 2.05) is 0 Å². The number of anilines is 1. The summed E-state index contributed by atoms with van der Waals surface area (Å²) in [6, 6.07) is 5.04. The average Bonchev–Trinajstić information content (AvgIpc) is 3.41. The van der Waals surface area contributed by atoms with Gasteiger partial charge >= 0.3 is 5.97 Å². The summed E-state index contributed by atoms with van der Waals surface area (Å²) in [7, 11) is 3.30. The number of hydrogen-bond donors (Lipinski definition) is 2. The van der Waals surface area contributed by atoms with E-state index in [0.717, 1.165) is 75.6 Å². The van der Waals surface area contributed by atoms with Crippen molar-refractivity contribution in [2.45, 2.75) is 76.8 Å². The number of halogens is 3. The number of hydrogen-bond acceptors (Lipinski definition) is 6. The Morgan fingerprint density at radius 2 is 2.07 bits per heavy atom. The van der Waals surface area contributed by atoms with Crippen molar-refractivity contribution in [3.63, 3.8) is 0 Å². The predicted octanol–water partition coefficient (Wildman–Crippen LogP) is 5.88. The molecule has 2 aliphatic heterocycles. The number of ether oxygens (including phenoxy) is 1. The first kappa shape index (κ1) is 31.1. The van der Waals surface area contributed by atoms with Crippen LogP contribution in [0.5, 0.6) is 5.75 Å². The molecule has 1 fully saturated rings. The van der Waals surface area contributed by atoms with E-state index in [0.29, 0.717) is 26.1 Å². The molecule has 2 aromatic rings. The molecule has 1 aromatic heterocycles. The van der Waals surface area contributed by atoms with Crippen LogP contribution in [0, 0.1) is 11.7 Å². The molecule has 0 radical (unpaired) electrons. The SMILES string of the molecule is COc1c(F)cc(C(C)(F)F)cc1C(C(=O)O)N1CC[C@@H](C(C)N(C)CCCCCc2ccc3c(n2)NCCC3)C1. The van der Waals surface area contributed by atoms with Crippen LogP contribution in [0.1, 0.15) is 74.4 Å². The van der Waals surface area contributed by atoms with Crippen molar-refractivity contribution in [1.82, 2.24) is 14.8 Å². The quantitative estimate of drug-likeness (QED) is 0.289. The molecule has 7 nitrogen and oxygen atoms in total. The highest BCUT2D eigenvalue weighted by Gasteiger charge is 2.39. The van der Waals surface area contributed by atoms with Crippen LogP contribution in [0.3, 0.4) is 0 Å². The van der Waals surface area contributed by atoms with Gasteiger partial charge in [0.15, 0.2) is 11.6 Å². The highest BCUT2D eigenvalue weighted by Crippen LogP contribution is 2.40. The molecule has 41 heavy (non-hydrogen) atoms.